The third-order valence-corrected chi connectivity index (χ3v) is 9.41. The highest BCUT2D eigenvalue weighted by Crippen LogP contribution is 2.41. The standard InChI is InChI=1S/C19H34OSi/c1-15(14-20-21(8,9)18(3,4)5)13-17-16(2)11-10-12-19(17,6)7/h11,13-14H,10,12H2,1-9H3/b15-14-,17-13-. The molecule has 0 aromatic carbocycles. The molecule has 0 aromatic rings. The summed E-state index contributed by atoms with van der Waals surface area (Å²) in [6.45, 7) is 20.5. The van der Waals surface area contributed by atoms with Crippen LogP contribution < -0.4 is 0 Å². The topological polar surface area (TPSA) is 9.23 Å². The van der Waals surface area contributed by atoms with Crippen molar-refractivity contribution in [3.8, 4) is 0 Å². The number of allylic oxidation sites excluding steroid dienone is 5. The molecule has 0 aromatic heterocycles. The lowest BCUT2D eigenvalue weighted by Crippen LogP contribution is -2.39. The predicted octanol–water partition coefficient (Wildman–Crippen LogP) is 6.60. The van der Waals surface area contributed by atoms with Gasteiger partial charge in [0.05, 0.1) is 6.26 Å². The van der Waals surface area contributed by atoms with Gasteiger partial charge in [-0.2, -0.15) is 0 Å². The van der Waals surface area contributed by atoms with Crippen molar-refractivity contribution in [3.63, 3.8) is 0 Å². The van der Waals surface area contributed by atoms with Crippen molar-refractivity contribution in [2.24, 2.45) is 5.41 Å². The molecule has 0 saturated heterocycles. The SMILES string of the molecule is CC1=CCCC(C)(C)/C1=C\C(C)=C/O[Si](C)(C)C(C)(C)C. The van der Waals surface area contributed by atoms with Gasteiger partial charge in [0.15, 0.2) is 0 Å². The minimum Gasteiger partial charge on any atom is -0.549 e. The van der Waals surface area contributed by atoms with E-state index in [2.05, 4.69) is 73.7 Å². The predicted molar refractivity (Wildman–Crippen MR) is 96.9 cm³/mol. The Morgan fingerprint density at radius 3 is 2.33 bits per heavy atom. The lowest BCUT2D eigenvalue weighted by molar-refractivity contribution is 0.403. The summed E-state index contributed by atoms with van der Waals surface area (Å²) >= 11 is 0. The Kier molecular flexibility index (Phi) is 5.36. The molecule has 21 heavy (non-hydrogen) atoms. The number of hydrogen-bond donors (Lipinski definition) is 0. The largest absolute Gasteiger partial charge is 0.549 e. The molecule has 0 amide bonds. The zero-order valence-electron chi connectivity index (χ0n) is 15.6. The second-order valence-corrected chi connectivity index (χ2v) is 13.4. The van der Waals surface area contributed by atoms with E-state index >= 15 is 0 Å². The summed E-state index contributed by atoms with van der Waals surface area (Å²) in [6.07, 6.45) is 9.09. The van der Waals surface area contributed by atoms with Crippen molar-refractivity contribution in [1.29, 1.82) is 0 Å². The molecule has 0 bridgehead atoms. The van der Waals surface area contributed by atoms with Crippen molar-refractivity contribution in [2.45, 2.75) is 79.4 Å². The Labute approximate surface area is 133 Å². The van der Waals surface area contributed by atoms with Gasteiger partial charge in [-0.3, -0.25) is 0 Å². The van der Waals surface area contributed by atoms with Crippen LogP contribution in [-0.4, -0.2) is 8.32 Å². The normalized spacial score (nSPS) is 22.2. The van der Waals surface area contributed by atoms with Crippen molar-refractivity contribution >= 4 is 8.32 Å². The summed E-state index contributed by atoms with van der Waals surface area (Å²) in [5.74, 6) is 0. The van der Waals surface area contributed by atoms with Gasteiger partial charge >= 0.3 is 0 Å². The monoisotopic (exact) mass is 306 g/mol. The molecule has 0 atom stereocenters. The number of rotatable bonds is 3. The van der Waals surface area contributed by atoms with Crippen LogP contribution in [0.4, 0.5) is 0 Å². The van der Waals surface area contributed by atoms with E-state index in [-0.39, 0.29) is 10.5 Å². The van der Waals surface area contributed by atoms with Crippen LogP contribution in [0.2, 0.25) is 18.1 Å². The maximum absolute atomic E-state index is 6.21. The molecule has 120 valence electrons. The van der Waals surface area contributed by atoms with Gasteiger partial charge < -0.3 is 4.43 Å². The average molecular weight is 307 g/mol. The van der Waals surface area contributed by atoms with Crippen LogP contribution in [0.25, 0.3) is 0 Å². The van der Waals surface area contributed by atoms with Crippen molar-refractivity contribution in [2.75, 3.05) is 0 Å². The van der Waals surface area contributed by atoms with Crippen molar-refractivity contribution < 1.29 is 4.43 Å². The molecule has 2 heteroatoms. The minimum atomic E-state index is -1.71. The second kappa shape index (κ2) is 6.16. The molecular formula is C19H34OSi. The maximum Gasteiger partial charge on any atom is 0.249 e. The summed E-state index contributed by atoms with van der Waals surface area (Å²) in [6, 6.07) is 0. The Morgan fingerprint density at radius 1 is 1.29 bits per heavy atom. The molecule has 1 aliphatic carbocycles. The van der Waals surface area contributed by atoms with E-state index in [0.717, 1.165) is 0 Å². The first-order chi connectivity index (χ1) is 9.37. The highest BCUT2D eigenvalue weighted by molar-refractivity contribution is 6.74. The third kappa shape index (κ3) is 4.60. The zero-order chi connectivity index (χ0) is 16.5. The molecular weight excluding hydrogens is 272 g/mol. The summed E-state index contributed by atoms with van der Waals surface area (Å²) in [5.41, 5.74) is 4.37. The van der Waals surface area contributed by atoms with E-state index in [1.54, 1.807) is 0 Å². The van der Waals surface area contributed by atoms with Gasteiger partial charge in [-0.25, -0.2) is 0 Å². The molecule has 0 radical (unpaired) electrons. The summed E-state index contributed by atoms with van der Waals surface area (Å²) in [4.78, 5) is 0. The van der Waals surface area contributed by atoms with Crippen LogP contribution in [0, 0.1) is 5.41 Å². The van der Waals surface area contributed by atoms with E-state index in [1.165, 1.54) is 29.6 Å². The number of hydrogen-bond acceptors (Lipinski definition) is 1. The highest BCUT2D eigenvalue weighted by atomic mass is 28.4. The quantitative estimate of drug-likeness (QED) is 0.421. The first-order valence-electron chi connectivity index (χ1n) is 8.11. The van der Waals surface area contributed by atoms with Crippen LogP contribution in [0.15, 0.2) is 35.1 Å². The first kappa shape index (κ1) is 18.3. The lowest BCUT2D eigenvalue weighted by atomic mass is 9.72. The molecule has 0 aliphatic heterocycles. The van der Waals surface area contributed by atoms with E-state index in [1.807, 2.05) is 6.26 Å². The van der Waals surface area contributed by atoms with Crippen molar-refractivity contribution in [1.82, 2.24) is 0 Å². The minimum absolute atomic E-state index is 0.247. The van der Waals surface area contributed by atoms with Gasteiger partial charge in [0.1, 0.15) is 0 Å². The zero-order valence-corrected chi connectivity index (χ0v) is 16.6. The molecule has 0 heterocycles. The fraction of sp³-hybridized carbons (Fsp3) is 0.684. The van der Waals surface area contributed by atoms with Gasteiger partial charge in [0.25, 0.3) is 0 Å². The van der Waals surface area contributed by atoms with Crippen LogP contribution in [-0.2, 0) is 4.43 Å². The van der Waals surface area contributed by atoms with E-state index in [4.69, 9.17) is 4.43 Å². The summed E-state index contributed by atoms with van der Waals surface area (Å²) < 4.78 is 6.21. The Balaban J connectivity index is 2.96. The Morgan fingerprint density at radius 2 is 1.86 bits per heavy atom. The summed E-state index contributed by atoms with van der Waals surface area (Å²) in [7, 11) is -1.71. The molecule has 0 N–H and O–H groups in total. The molecule has 1 aliphatic rings. The van der Waals surface area contributed by atoms with Gasteiger partial charge in [-0.15, -0.1) is 0 Å². The van der Waals surface area contributed by atoms with Crippen LogP contribution >= 0.6 is 0 Å². The van der Waals surface area contributed by atoms with Crippen LogP contribution in [0.5, 0.6) is 0 Å². The first-order valence-corrected chi connectivity index (χ1v) is 11.0. The molecule has 1 nitrogen and oxygen atoms in total. The maximum atomic E-state index is 6.21. The van der Waals surface area contributed by atoms with E-state index in [9.17, 15) is 0 Å². The van der Waals surface area contributed by atoms with Crippen molar-refractivity contribution in [3.05, 3.63) is 35.1 Å². The fourth-order valence-corrected chi connectivity index (χ4v) is 3.25. The van der Waals surface area contributed by atoms with Gasteiger partial charge in [-0.05, 0) is 61.4 Å². The second-order valence-electron chi connectivity index (χ2n) is 8.61. The average Bonchev–Trinajstić information content (AvgIpc) is 2.30. The molecule has 0 spiro atoms. The van der Waals surface area contributed by atoms with E-state index in [0.29, 0.717) is 0 Å². The molecule has 1 rings (SSSR count). The van der Waals surface area contributed by atoms with Crippen LogP contribution in [0.1, 0.15) is 61.3 Å². The molecule has 0 fully saturated rings. The summed E-state index contributed by atoms with van der Waals surface area (Å²) in [5, 5.41) is 0.247. The Bertz CT molecular complexity index is 470. The lowest BCUT2D eigenvalue weighted by Gasteiger charge is -2.35. The Hall–Kier alpha value is -0.763. The molecule has 0 unspecified atom stereocenters. The van der Waals surface area contributed by atoms with E-state index < -0.39 is 8.32 Å². The third-order valence-electron chi connectivity index (χ3n) is 5.09. The highest BCUT2D eigenvalue weighted by Gasteiger charge is 2.38. The van der Waals surface area contributed by atoms with Gasteiger partial charge in [0.2, 0.25) is 8.32 Å². The fourth-order valence-electron chi connectivity index (χ4n) is 2.42. The smallest absolute Gasteiger partial charge is 0.249 e. The van der Waals surface area contributed by atoms with Gasteiger partial charge in [-0.1, -0.05) is 52.3 Å². The van der Waals surface area contributed by atoms with Gasteiger partial charge in [0, 0.05) is 0 Å². The van der Waals surface area contributed by atoms with Crippen LogP contribution in [0.3, 0.4) is 0 Å². The molecule has 0 saturated carbocycles.